The number of nitrogens with two attached hydrogens (primary N) is 1. The number of nitrogens with zero attached hydrogens (tertiary/aromatic N) is 4. The summed E-state index contributed by atoms with van der Waals surface area (Å²) in [6.07, 6.45) is 4.00. The fraction of sp³-hybridized carbons (Fsp3) is 0.280. The molecule has 0 bridgehead atoms. The maximum absolute atomic E-state index is 14.4. The van der Waals surface area contributed by atoms with E-state index < -0.39 is 17.7 Å². The van der Waals surface area contributed by atoms with Crippen molar-refractivity contribution >= 4 is 34.2 Å². The minimum absolute atomic E-state index is 0.0572. The Morgan fingerprint density at radius 2 is 1.80 bits per heavy atom. The Morgan fingerprint density at radius 1 is 1.06 bits per heavy atom. The molecule has 0 saturated carbocycles. The summed E-state index contributed by atoms with van der Waals surface area (Å²) in [6, 6.07) is 5.93. The number of hydrogen-bond acceptors (Lipinski definition) is 7. The van der Waals surface area contributed by atoms with Gasteiger partial charge in [0, 0.05) is 55.3 Å². The number of halogens is 3. The van der Waals surface area contributed by atoms with Crippen LogP contribution < -0.4 is 15.4 Å². The fourth-order valence-electron chi connectivity index (χ4n) is 4.24. The van der Waals surface area contributed by atoms with Gasteiger partial charge in [-0.1, -0.05) is 11.6 Å². The van der Waals surface area contributed by atoms with Crippen LogP contribution in [0.1, 0.15) is 18.6 Å². The van der Waals surface area contributed by atoms with Crippen LogP contribution in [-0.4, -0.2) is 48.1 Å². The topological polar surface area (TPSA) is 80.7 Å². The first-order valence-electron chi connectivity index (χ1n) is 11.2. The molecule has 0 amide bonds. The van der Waals surface area contributed by atoms with E-state index in [9.17, 15) is 8.78 Å². The second-order valence-corrected chi connectivity index (χ2v) is 8.96. The fourth-order valence-corrected chi connectivity index (χ4v) is 4.54. The van der Waals surface area contributed by atoms with Crippen LogP contribution in [0.5, 0.6) is 5.75 Å². The Morgan fingerprint density at radius 3 is 2.51 bits per heavy atom. The maximum Gasteiger partial charge on any atom is 0.205 e. The molecular formula is C25H24ClF2N5O2. The van der Waals surface area contributed by atoms with Crippen molar-refractivity contribution in [3.05, 3.63) is 65.1 Å². The number of benzene rings is 1. The number of aromatic nitrogens is 2. The van der Waals surface area contributed by atoms with Crippen LogP contribution in [0.25, 0.3) is 22.1 Å². The lowest BCUT2D eigenvalue weighted by Crippen LogP contribution is -2.44. The van der Waals surface area contributed by atoms with Crippen molar-refractivity contribution in [2.75, 3.05) is 43.9 Å². The first kappa shape index (κ1) is 23.3. The minimum atomic E-state index is -0.953. The van der Waals surface area contributed by atoms with E-state index in [1.54, 1.807) is 25.6 Å². The summed E-state index contributed by atoms with van der Waals surface area (Å²) in [4.78, 5) is 13.4. The minimum Gasteiger partial charge on any atom is -0.478 e. The van der Waals surface area contributed by atoms with Gasteiger partial charge < -0.3 is 24.7 Å². The van der Waals surface area contributed by atoms with Crippen molar-refractivity contribution in [3.63, 3.8) is 0 Å². The molecule has 1 aromatic carbocycles. The van der Waals surface area contributed by atoms with E-state index in [1.807, 2.05) is 12.1 Å². The summed E-state index contributed by atoms with van der Waals surface area (Å²) in [6.45, 7) is 5.39. The Kier molecular flexibility index (Phi) is 6.21. The molecule has 4 aromatic rings. The first-order chi connectivity index (χ1) is 16.8. The third-order valence-corrected chi connectivity index (χ3v) is 6.65. The third kappa shape index (κ3) is 4.37. The SMILES string of the molecule is CC(Oc1c(N)ncc2c(-c3ccc(N4CCN(C)CC4)nc3)coc12)c1c(F)ccc(F)c1Cl. The van der Waals surface area contributed by atoms with Gasteiger partial charge in [-0.2, -0.15) is 0 Å². The van der Waals surface area contributed by atoms with E-state index in [1.165, 1.54) is 0 Å². The van der Waals surface area contributed by atoms with Gasteiger partial charge in [0.25, 0.3) is 0 Å². The molecule has 10 heteroatoms. The lowest BCUT2D eigenvalue weighted by Gasteiger charge is -2.33. The average Bonchev–Trinajstić information content (AvgIpc) is 3.28. The van der Waals surface area contributed by atoms with Gasteiger partial charge in [-0.3, -0.25) is 0 Å². The monoisotopic (exact) mass is 499 g/mol. The molecule has 0 spiro atoms. The zero-order valence-corrected chi connectivity index (χ0v) is 20.0. The number of fused-ring (bicyclic) bond motifs is 1. The summed E-state index contributed by atoms with van der Waals surface area (Å²) in [5.41, 5.74) is 7.89. The lowest BCUT2D eigenvalue weighted by atomic mass is 10.1. The van der Waals surface area contributed by atoms with Gasteiger partial charge >= 0.3 is 0 Å². The molecule has 0 radical (unpaired) electrons. The Labute approximate surface area is 206 Å². The maximum atomic E-state index is 14.4. The zero-order chi connectivity index (χ0) is 24.7. The Hall–Kier alpha value is -3.43. The van der Waals surface area contributed by atoms with Gasteiger partial charge in [-0.05, 0) is 38.2 Å². The van der Waals surface area contributed by atoms with E-state index in [0.717, 1.165) is 55.3 Å². The Balaban J connectivity index is 1.45. The Bertz CT molecular complexity index is 1370. The molecule has 1 aliphatic heterocycles. The highest BCUT2D eigenvalue weighted by molar-refractivity contribution is 6.31. The van der Waals surface area contributed by atoms with Crippen molar-refractivity contribution in [3.8, 4) is 16.9 Å². The predicted molar refractivity (Wildman–Crippen MR) is 132 cm³/mol. The van der Waals surface area contributed by atoms with Crippen molar-refractivity contribution in [1.82, 2.24) is 14.9 Å². The van der Waals surface area contributed by atoms with E-state index in [-0.39, 0.29) is 22.2 Å². The number of piperazine rings is 1. The molecule has 1 unspecified atom stereocenters. The van der Waals surface area contributed by atoms with Crippen molar-refractivity contribution < 1.29 is 17.9 Å². The van der Waals surface area contributed by atoms with Gasteiger partial charge in [-0.25, -0.2) is 18.7 Å². The number of furan rings is 1. The molecule has 1 saturated heterocycles. The van der Waals surface area contributed by atoms with E-state index in [2.05, 4.69) is 26.8 Å². The average molecular weight is 500 g/mol. The largest absolute Gasteiger partial charge is 0.478 e. The second-order valence-electron chi connectivity index (χ2n) is 8.58. The number of hydrogen-bond donors (Lipinski definition) is 1. The molecule has 1 atom stereocenters. The van der Waals surface area contributed by atoms with Crippen LogP contribution in [0.2, 0.25) is 5.02 Å². The van der Waals surface area contributed by atoms with Crippen LogP contribution in [-0.2, 0) is 0 Å². The van der Waals surface area contributed by atoms with Crippen LogP contribution in [0.4, 0.5) is 20.4 Å². The van der Waals surface area contributed by atoms with Crippen LogP contribution >= 0.6 is 11.6 Å². The van der Waals surface area contributed by atoms with Crippen molar-refractivity contribution in [2.24, 2.45) is 0 Å². The smallest absolute Gasteiger partial charge is 0.205 e. The molecule has 0 aliphatic carbocycles. The molecule has 1 aliphatic rings. The summed E-state index contributed by atoms with van der Waals surface area (Å²) in [7, 11) is 2.11. The number of nitrogen functional groups attached to an aromatic ring is 1. The number of rotatable bonds is 5. The second kappa shape index (κ2) is 9.31. The first-order valence-corrected chi connectivity index (χ1v) is 11.6. The van der Waals surface area contributed by atoms with E-state index in [4.69, 9.17) is 26.5 Å². The van der Waals surface area contributed by atoms with Crippen LogP contribution in [0.3, 0.4) is 0 Å². The van der Waals surface area contributed by atoms with Gasteiger partial charge in [0.15, 0.2) is 11.4 Å². The van der Waals surface area contributed by atoms with Crippen molar-refractivity contribution in [2.45, 2.75) is 13.0 Å². The zero-order valence-electron chi connectivity index (χ0n) is 19.3. The summed E-state index contributed by atoms with van der Waals surface area (Å²) in [5, 5.41) is 0.309. The number of ether oxygens (including phenoxy) is 1. The number of likely N-dealkylation sites (N-methyl/N-ethyl adjacent to an activating group) is 1. The molecule has 182 valence electrons. The van der Waals surface area contributed by atoms with Crippen LogP contribution in [0, 0.1) is 11.6 Å². The van der Waals surface area contributed by atoms with E-state index in [0.29, 0.717) is 11.0 Å². The predicted octanol–water partition coefficient (Wildman–Crippen LogP) is 5.30. The third-order valence-electron chi connectivity index (χ3n) is 6.27. The van der Waals surface area contributed by atoms with Gasteiger partial charge in [0.05, 0.1) is 16.7 Å². The highest BCUT2D eigenvalue weighted by atomic mass is 35.5. The standard InChI is InChI=1S/C25H24ClF2N5O2/c1-14(21-18(27)4-5-19(28)22(21)26)35-24-23-16(12-31-25(24)29)17(13-34-23)15-3-6-20(30-11-15)33-9-7-32(2)8-10-33/h3-6,11-14H,7-10H2,1-2H3,(H2,29,31). The lowest BCUT2D eigenvalue weighted by molar-refractivity contribution is 0.221. The highest BCUT2D eigenvalue weighted by Crippen LogP contribution is 2.40. The quantitative estimate of drug-likeness (QED) is 0.373. The molecule has 5 rings (SSSR count). The van der Waals surface area contributed by atoms with Gasteiger partial charge in [0.1, 0.15) is 23.6 Å². The number of anilines is 2. The van der Waals surface area contributed by atoms with Gasteiger partial charge in [0.2, 0.25) is 5.75 Å². The van der Waals surface area contributed by atoms with Crippen molar-refractivity contribution in [1.29, 1.82) is 0 Å². The van der Waals surface area contributed by atoms with Gasteiger partial charge in [-0.15, -0.1) is 0 Å². The van der Waals surface area contributed by atoms with Crippen LogP contribution in [0.15, 0.2) is 47.3 Å². The highest BCUT2D eigenvalue weighted by Gasteiger charge is 2.24. The molecule has 35 heavy (non-hydrogen) atoms. The molecule has 4 heterocycles. The molecule has 1 fully saturated rings. The normalized spacial score (nSPS) is 15.5. The molecule has 7 nitrogen and oxygen atoms in total. The summed E-state index contributed by atoms with van der Waals surface area (Å²) < 4.78 is 40.0. The van der Waals surface area contributed by atoms with E-state index >= 15 is 0 Å². The molecule has 3 aromatic heterocycles. The molecular weight excluding hydrogens is 476 g/mol. The number of pyridine rings is 2. The summed E-state index contributed by atoms with van der Waals surface area (Å²) >= 11 is 6.00. The summed E-state index contributed by atoms with van der Waals surface area (Å²) in [5.74, 6) is -0.321. The molecule has 2 N–H and O–H groups in total.